The van der Waals surface area contributed by atoms with E-state index in [1.165, 1.54) is 14.2 Å². The van der Waals surface area contributed by atoms with Crippen LogP contribution in [0.5, 0.6) is 0 Å². The first-order valence-corrected chi connectivity index (χ1v) is 7.30. The van der Waals surface area contributed by atoms with Crippen LogP contribution in [0.1, 0.15) is 18.4 Å². The van der Waals surface area contributed by atoms with Crippen molar-refractivity contribution in [2.75, 3.05) is 20.8 Å². The van der Waals surface area contributed by atoms with Gasteiger partial charge in [0.15, 0.2) is 0 Å². The van der Waals surface area contributed by atoms with E-state index in [2.05, 4.69) is 0 Å². The number of unbranched alkanes of at least 4 members (excludes halogenated alkanes) is 1. The Hall–Kier alpha value is -0.893. The first kappa shape index (κ1) is 16.2. The number of hydrogen-bond acceptors (Lipinski definition) is 3. The molecular formula is C12H17F3O3Si. The lowest BCUT2D eigenvalue weighted by Crippen LogP contribution is -2.24. The Morgan fingerprint density at radius 3 is 2.11 bits per heavy atom. The summed E-state index contributed by atoms with van der Waals surface area (Å²) in [6, 6.07) is 1.38. The van der Waals surface area contributed by atoms with Gasteiger partial charge in [0, 0.05) is 38.5 Å². The summed E-state index contributed by atoms with van der Waals surface area (Å²) >= 11 is 0. The first-order valence-electron chi connectivity index (χ1n) is 5.89. The van der Waals surface area contributed by atoms with E-state index in [1.807, 2.05) is 0 Å². The zero-order valence-electron chi connectivity index (χ0n) is 10.9. The van der Waals surface area contributed by atoms with Gasteiger partial charge in [-0.1, -0.05) is 0 Å². The highest BCUT2D eigenvalue weighted by molar-refractivity contribution is 6.36. The van der Waals surface area contributed by atoms with Crippen molar-refractivity contribution in [1.29, 1.82) is 0 Å². The monoisotopic (exact) mass is 294 g/mol. The molecule has 0 bridgehead atoms. The second kappa shape index (κ2) is 8.31. The van der Waals surface area contributed by atoms with Gasteiger partial charge in [-0.3, -0.25) is 0 Å². The molecule has 0 amide bonds. The molecule has 7 heteroatoms. The van der Waals surface area contributed by atoms with Crippen LogP contribution in [0.15, 0.2) is 12.1 Å². The molecular weight excluding hydrogens is 277 g/mol. The van der Waals surface area contributed by atoms with Crippen LogP contribution in [0.3, 0.4) is 0 Å². The zero-order valence-corrected chi connectivity index (χ0v) is 12.1. The molecule has 19 heavy (non-hydrogen) atoms. The Morgan fingerprint density at radius 1 is 1.00 bits per heavy atom. The summed E-state index contributed by atoms with van der Waals surface area (Å²) in [6.07, 6.45) is 1.36. The summed E-state index contributed by atoms with van der Waals surface area (Å²) in [5, 5.41) is 0. The van der Waals surface area contributed by atoms with Crippen molar-refractivity contribution >= 4 is 9.53 Å². The minimum absolute atomic E-state index is 0.0892. The molecule has 0 aliphatic rings. The van der Waals surface area contributed by atoms with E-state index in [0.29, 0.717) is 31.6 Å². The fraction of sp³-hybridized carbons (Fsp3) is 0.500. The topological polar surface area (TPSA) is 27.7 Å². The van der Waals surface area contributed by atoms with Crippen LogP contribution in [0.2, 0.25) is 0 Å². The van der Waals surface area contributed by atoms with E-state index in [1.54, 1.807) is 0 Å². The maximum Gasteiger partial charge on any atom is 0.483 e. The second-order valence-electron chi connectivity index (χ2n) is 3.94. The van der Waals surface area contributed by atoms with Gasteiger partial charge in [-0.15, -0.1) is 0 Å². The minimum atomic E-state index is -2.03. The van der Waals surface area contributed by atoms with Crippen molar-refractivity contribution in [2.45, 2.75) is 19.3 Å². The third-order valence-corrected chi connectivity index (χ3v) is 3.84. The van der Waals surface area contributed by atoms with Crippen LogP contribution in [-0.2, 0) is 19.7 Å². The molecule has 1 aromatic rings. The lowest BCUT2D eigenvalue weighted by molar-refractivity contribution is 0.133. The molecule has 1 rings (SSSR count). The van der Waals surface area contributed by atoms with Gasteiger partial charge in [-0.25, -0.2) is 13.2 Å². The van der Waals surface area contributed by atoms with Crippen molar-refractivity contribution in [3.8, 4) is 0 Å². The molecule has 0 saturated carbocycles. The zero-order chi connectivity index (χ0) is 14.3. The van der Waals surface area contributed by atoms with E-state index in [0.717, 1.165) is 0 Å². The van der Waals surface area contributed by atoms with Crippen molar-refractivity contribution in [2.24, 2.45) is 0 Å². The molecule has 0 aliphatic carbocycles. The van der Waals surface area contributed by atoms with Gasteiger partial charge >= 0.3 is 9.53 Å². The average molecular weight is 294 g/mol. The molecule has 1 aromatic carbocycles. The number of rotatable bonds is 8. The fourth-order valence-electron chi connectivity index (χ4n) is 1.63. The predicted molar refractivity (Wildman–Crippen MR) is 66.4 cm³/mol. The maximum atomic E-state index is 13.3. The Balaban J connectivity index is 2.34. The number of hydrogen-bond donors (Lipinski definition) is 0. The molecule has 0 radical (unpaired) electrons. The molecule has 0 N–H and O–H groups in total. The lowest BCUT2D eigenvalue weighted by Gasteiger charge is -2.11. The first-order chi connectivity index (χ1) is 9.08. The summed E-state index contributed by atoms with van der Waals surface area (Å²) in [7, 11) is 0.974. The fourth-order valence-corrected chi connectivity index (χ4v) is 2.45. The lowest BCUT2D eigenvalue weighted by atomic mass is 10.1. The van der Waals surface area contributed by atoms with Gasteiger partial charge < -0.3 is 13.3 Å². The van der Waals surface area contributed by atoms with Gasteiger partial charge in [0.1, 0.15) is 17.5 Å². The van der Waals surface area contributed by atoms with Crippen molar-refractivity contribution < 1.29 is 26.4 Å². The molecule has 108 valence electrons. The average Bonchev–Trinajstić information content (AvgIpc) is 2.36. The molecule has 0 fully saturated rings. The number of benzene rings is 1. The standard InChI is InChI=1S/C12H17F3O3Si/c1-16-19(17-2)18-6-4-3-5-10-11(14)7-9(13)8-12(10)15/h7-8,19H,3-6H2,1-2H3. The van der Waals surface area contributed by atoms with Gasteiger partial charge in [0.2, 0.25) is 0 Å². The van der Waals surface area contributed by atoms with E-state index in [4.69, 9.17) is 13.3 Å². The molecule has 0 unspecified atom stereocenters. The smallest absolute Gasteiger partial charge is 0.379 e. The molecule has 0 atom stereocenters. The minimum Gasteiger partial charge on any atom is -0.379 e. The van der Waals surface area contributed by atoms with E-state index in [9.17, 15) is 13.2 Å². The van der Waals surface area contributed by atoms with Gasteiger partial charge in [0.05, 0.1) is 0 Å². The molecule has 0 spiro atoms. The highest BCUT2D eigenvalue weighted by Crippen LogP contribution is 2.17. The van der Waals surface area contributed by atoms with Crippen molar-refractivity contribution in [1.82, 2.24) is 0 Å². The third kappa shape index (κ3) is 5.31. The molecule has 0 aromatic heterocycles. The Bertz CT molecular complexity index is 377. The van der Waals surface area contributed by atoms with Crippen LogP contribution in [0, 0.1) is 17.5 Å². The molecule has 3 nitrogen and oxygen atoms in total. The highest BCUT2D eigenvalue weighted by atomic mass is 28.3. The van der Waals surface area contributed by atoms with Crippen LogP contribution in [-0.4, -0.2) is 30.4 Å². The predicted octanol–water partition coefficient (Wildman–Crippen LogP) is 2.45. The van der Waals surface area contributed by atoms with Crippen molar-refractivity contribution in [3.63, 3.8) is 0 Å². The summed E-state index contributed by atoms with van der Waals surface area (Å²) in [5.74, 6) is -2.60. The summed E-state index contributed by atoms with van der Waals surface area (Å²) in [5.41, 5.74) is -0.0892. The van der Waals surface area contributed by atoms with Gasteiger partial charge in [0.25, 0.3) is 0 Å². The summed E-state index contributed by atoms with van der Waals surface area (Å²) < 4.78 is 54.5. The highest BCUT2D eigenvalue weighted by Gasteiger charge is 2.12. The largest absolute Gasteiger partial charge is 0.483 e. The Labute approximate surface area is 112 Å². The van der Waals surface area contributed by atoms with Gasteiger partial charge in [-0.2, -0.15) is 0 Å². The normalized spacial score (nSPS) is 11.3. The van der Waals surface area contributed by atoms with Crippen LogP contribution < -0.4 is 0 Å². The summed E-state index contributed by atoms with van der Waals surface area (Å²) in [4.78, 5) is 0. The Kier molecular flexibility index (Phi) is 7.07. The third-order valence-electron chi connectivity index (χ3n) is 2.57. The number of halogens is 3. The van der Waals surface area contributed by atoms with Crippen LogP contribution in [0.4, 0.5) is 13.2 Å². The summed E-state index contributed by atoms with van der Waals surface area (Å²) in [6.45, 7) is 0.406. The maximum absolute atomic E-state index is 13.3. The Morgan fingerprint density at radius 2 is 1.58 bits per heavy atom. The SMILES string of the molecule is CO[SiH](OC)OCCCCc1c(F)cc(F)cc1F. The van der Waals surface area contributed by atoms with E-state index < -0.39 is 27.0 Å². The molecule has 0 aliphatic heterocycles. The second-order valence-corrected chi connectivity index (χ2v) is 5.79. The molecule has 0 saturated heterocycles. The van der Waals surface area contributed by atoms with E-state index >= 15 is 0 Å². The van der Waals surface area contributed by atoms with E-state index in [-0.39, 0.29) is 12.0 Å². The van der Waals surface area contributed by atoms with Crippen LogP contribution in [0.25, 0.3) is 0 Å². The van der Waals surface area contributed by atoms with Crippen LogP contribution >= 0.6 is 0 Å². The molecule has 0 heterocycles. The van der Waals surface area contributed by atoms with Gasteiger partial charge in [-0.05, 0) is 19.3 Å². The van der Waals surface area contributed by atoms with Crippen molar-refractivity contribution in [3.05, 3.63) is 35.1 Å². The quantitative estimate of drug-likeness (QED) is 0.544.